The van der Waals surface area contributed by atoms with Gasteiger partial charge in [0.2, 0.25) is 5.91 Å². The summed E-state index contributed by atoms with van der Waals surface area (Å²) in [6.07, 6.45) is 4.00. The first-order valence-corrected chi connectivity index (χ1v) is 9.34. The Morgan fingerprint density at radius 1 is 1.38 bits per heavy atom. The maximum Gasteiger partial charge on any atom is 0.258 e. The fourth-order valence-electron chi connectivity index (χ4n) is 2.70. The van der Waals surface area contributed by atoms with E-state index in [0.717, 1.165) is 18.0 Å². The highest BCUT2D eigenvalue weighted by Gasteiger charge is 2.26. The van der Waals surface area contributed by atoms with E-state index in [9.17, 15) is 9.59 Å². The number of nitrogens with one attached hydrogen (secondary N) is 1. The number of fused-ring (bicyclic) bond motifs is 1. The Balaban J connectivity index is 1.41. The van der Waals surface area contributed by atoms with Crippen LogP contribution < -0.4 is 5.56 Å². The fourth-order valence-corrected chi connectivity index (χ4v) is 3.62. The van der Waals surface area contributed by atoms with Crippen molar-refractivity contribution >= 4 is 28.6 Å². The summed E-state index contributed by atoms with van der Waals surface area (Å²) in [6, 6.07) is 7.63. The second kappa shape index (κ2) is 6.91. The first kappa shape index (κ1) is 16.8. The highest BCUT2D eigenvalue weighted by Crippen LogP contribution is 2.37. The van der Waals surface area contributed by atoms with Crippen molar-refractivity contribution in [2.24, 2.45) is 0 Å². The Kier molecular flexibility index (Phi) is 4.46. The zero-order chi connectivity index (χ0) is 18.1. The number of para-hydroxylation sites is 1. The third-order valence-electron chi connectivity index (χ3n) is 4.28. The molecule has 0 bridgehead atoms. The Hall–Kier alpha value is -2.68. The third kappa shape index (κ3) is 3.48. The lowest BCUT2D eigenvalue weighted by molar-refractivity contribution is -0.127. The summed E-state index contributed by atoms with van der Waals surface area (Å²) < 4.78 is 2.03. The molecule has 1 aromatic carbocycles. The molecule has 2 aromatic heterocycles. The molecule has 1 aliphatic carbocycles. The van der Waals surface area contributed by atoms with E-state index in [0.29, 0.717) is 22.8 Å². The maximum absolute atomic E-state index is 12.4. The lowest BCUT2D eigenvalue weighted by Crippen LogP contribution is -2.29. The second-order valence-electron chi connectivity index (χ2n) is 6.32. The molecule has 0 atom stereocenters. The van der Waals surface area contributed by atoms with Gasteiger partial charge < -0.3 is 14.5 Å². The number of hydrogen-bond donors (Lipinski definition) is 1. The minimum Gasteiger partial charge on any atom is -0.338 e. The Labute approximate surface area is 153 Å². The SMILES string of the molecule is CN(Cc1nc2ccccc2c(=O)[nH]1)C(=O)CSc1nncn1C1CC1. The van der Waals surface area contributed by atoms with Crippen molar-refractivity contribution in [3.05, 3.63) is 46.8 Å². The Morgan fingerprint density at radius 2 is 2.19 bits per heavy atom. The predicted molar refractivity (Wildman–Crippen MR) is 97.9 cm³/mol. The molecule has 0 radical (unpaired) electrons. The van der Waals surface area contributed by atoms with Crippen LogP contribution in [0.25, 0.3) is 10.9 Å². The van der Waals surface area contributed by atoms with E-state index in [-0.39, 0.29) is 23.8 Å². The van der Waals surface area contributed by atoms with E-state index in [1.54, 1.807) is 36.5 Å². The molecule has 0 unspecified atom stereocenters. The lowest BCUT2D eigenvalue weighted by Gasteiger charge is -2.16. The molecule has 134 valence electrons. The van der Waals surface area contributed by atoms with Crippen LogP contribution in [0.3, 0.4) is 0 Å². The first-order valence-electron chi connectivity index (χ1n) is 8.36. The van der Waals surface area contributed by atoms with Crippen molar-refractivity contribution in [3.8, 4) is 0 Å². The highest BCUT2D eigenvalue weighted by atomic mass is 32.2. The number of rotatable bonds is 6. The summed E-state index contributed by atoms with van der Waals surface area (Å²) in [6.45, 7) is 0.245. The molecule has 26 heavy (non-hydrogen) atoms. The molecule has 9 heteroatoms. The zero-order valence-corrected chi connectivity index (χ0v) is 15.1. The van der Waals surface area contributed by atoms with Crippen LogP contribution in [0.1, 0.15) is 24.7 Å². The number of H-pyrrole nitrogens is 1. The molecule has 3 aromatic rings. The zero-order valence-electron chi connectivity index (χ0n) is 14.3. The molecule has 1 amide bonds. The van der Waals surface area contributed by atoms with Crippen LogP contribution in [0.4, 0.5) is 0 Å². The third-order valence-corrected chi connectivity index (χ3v) is 5.22. The molecule has 8 nitrogen and oxygen atoms in total. The van der Waals surface area contributed by atoms with Crippen LogP contribution in [0, 0.1) is 0 Å². The van der Waals surface area contributed by atoms with Gasteiger partial charge in [-0.1, -0.05) is 23.9 Å². The molecule has 0 saturated heterocycles. The van der Waals surface area contributed by atoms with Crippen LogP contribution in [0.2, 0.25) is 0 Å². The molecular weight excluding hydrogens is 352 g/mol. The molecule has 4 rings (SSSR count). The number of nitrogens with zero attached hydrogens (tertiary/aromatic N) is 5. The van der Waals surface area contributed by atoms with E-state index in [4.69, 9.17) is 0 Å². The first-order chi connectivity index (χ1) is 12.6. The number of aromatic nitrogens is 5. The monoisotopic (exact) mass is 370 g/mol. The second-order valence-corrected chi connectivity index (χ2v) is 7.26. The van der Waals surface area contributed by atoms with Gasteiger partial charge in [0.25, 0.3) is 5.56 Å². The predicted octanol–water partition coefficient (Wildman–Crippen LogP) is 1.60. The minimum atomic E-state index is -0.196. The van der Waals surface area contributed by atoms with Gasteiger partial charge in [-0.2, -0.15) is 0 Å². The summed E-state index contributed by atoms with van der Waals surface area (Å²) in [4.78, 5) is 33.3. The van der Waals surface area contributed by atoms with E-state index in [1.165, 1.54) is 11.8 Å². The van der Waals surface area contributed by atoms with Gasteiger partial charge in [0.05, 0.1) is 23.2 Å². The van der Waals surface area contributed by atoms with Gasteiger partial charge in [0.1, 0.15) is 12.2 Å². The van der Waals surface area contributed by atoms with Crippen LogP contribution in [0.15, 0.2) is 40.5 Å². The van der Waals surface area contributed by atoms with Crippen LogP contribution in [-0.4, -0.2) is 48.3 Å². The molecular formula is C17H18N6O2S. The molecule has 1 saturated carbocycles. The number of carbonyl (C=O) groups excluding carboxylic acids is 1. The summed E-state index contributed by atoms with van der Waals surface area (Å²) in [5, 5.41) is 9.33. The van der Waals surface area contributed by atoms with Crippen LogP contribution >= 0.6 is 11.8 Å². The van der Waals surface area contributed by atoms with Crippen molar-refractivity contribution in [2.45, 2.75) is 30.6 Å². The van der Waals surface area contributed by atoms with Crippen LogP contribution in [-0.2, 0) is 11.3 Å². The molecule has 0 spiro atoms. The summed E-state index contributed by atoms with van der Waals surface area (Å²) >= 11 is 1.38. The number of hydrogen-bond acceptors (Lipinski definition) is 6. The smallest absolute Gasteiger partial charge is 0.258 e. The van der Waals surface area contributed by atoms with Gasteiger partial charge in [-0.25, -0.2) is 4.98 Å². The average molecular weight is 370 g/mol. The summed E-state index contributed by atoms with van der Waals surface area (Å²) in [7, 11) is 1.70. The molecule has 1 aliphatic rings. The van der Waals surface area contributed by atoms with Crippen molar-refractivity contribution < 1.29 is 4.79 Å². The van der Waals surface area contributed by atoms with E-state index in [1.807, 2.05) is 10.6 Å². The van der Waals surface area contributed by atoms with Crippen molar-refractivity contribution in [2.75, 3.05) is 12.8 Å². The lowest BCUT2D eigenvalue weighted by atomic mass is 10.2. The van der Waals surface area contributed by atoms with Crippen molar-refractivity contribution in [1.82, 2.24) is 29.6 Å². The normalized spacial score (nSPS) is 13.9. The molecule has 2 heterocycles. The van der Waals surface area contributed by atoms with E-state index < -0.39 is 0 Å². The Morgan fingerprint density at radius 3 is 3.00 bits per heavy atom. The highest BCUT2D eigenvalue weighted by molar-refractivity contribution is 7.99. The number of aromatic amines is 1. The minimum absolute atomic E-state index is 0.0591. The van der Waals surface area contributed by atoms with Crippen molar-refractivity contribution in [1.29, 1.82) is 0 Å². The van der Waals surface area contributed by atoms with E-state index in [2.05, 4.69) is 20.2 Å². The average Bonchev–Trinajstić information content (AvgIpc) is 3.37. The van der Waals surface area contributed by atoms with Gasteiger partial charge in [-0.3, -0.25) is 9.59 Å². The van der Waals surface area contributed by atoms with Crippen molar-refractivity contribution in [3.63, 3.8) is 0 Å². The maximum atomic E-state index is 12.4. The topological polar surface area (TPSA) is 96.8 Å². The molecule has 1 fully saturated rings. The number of thioether (sulfide) groups is 1. The van der Waals surface area contributed by atoms with Gasteiger partial charge in [0, 0.05) is 13.1 Å². The van der Waals surface area contributed by atoms with Gasteiger partial charge in [-0.15, -0.1) is 10.2 Å². The van der Waals surface area contributed by atoms with E-state index >= 15 is 0 Å². The Bertz CT molecular complexity index is 1010. The fraction of sp³-hybridized carbons (Fsp3) is 0.353. The number of carbonyl (C=O) groups is 1. The number of amides is 1. The van der Waals surface area contributed by atoms with Gasteiger partial charge in [-0.05, 0) is 25.0 Å². The largest absolute Gasteiger partial charge is 0.338 e. The molecule has 1 N–H and O–H groups in total. The van der Waals surface area contributed by atoms with Gasteiger partial charge >= 0.3 is 0 Å². The standard InChI is InChI=1S/C17H18N6O2S/c1-22(8-14-19-13-5-3-2-4-12(13)16(25)20-14)15(24)9-26-17-21-18-10-23(17)11-6-7-11/h2-5,10-11H,6-9H2,1H3,(H,19,20,25). The quantitative estimate of drug-likeness (QED) is 0.662. The van der Waals surface area contributed by atoms with Crippen LogP contribution in [0.5, 0.6) is 0 Å². The number of benzene rings is 1. The summed E-state index contributed by atoms with van der Waals surface area (Å²) in [5.74, 6) is 0.673. The summed E-state index contributed by atoms with van der Waals surface area (Å²) in [5.41, 5.74) is 0.428. The van der Waals surface area contributed by atoms with Gasteiger partial charge in [0.15, 0.2) is 5.16 Å². The molecule has 0 aliphatic heterocycles.